The number of carbonyl (C=O) groups is 2. The van der Waals surface area contributed by atoms with Crippen molar-refractivity contribution in [1.29, 1.82) is 0 Å². The van der Waals surface area contributed by atoms with Crippen molar-refractivity contribution in [1.82, 2.24) is 0 Å². The third kappa shape index (κ3) is 42.4. The second-order valence-corrected chi connectivity index (χ2v) is 18.5. The zero-order valence-electron chi connectivity index (χ0n) is 37.3. The van der Waals surface area contributed by atoms with Crippen LogP contribution in [-0.4, -0.2) is 70.0 Å². The highest BCUT2D eigenvalue weighted by atomic mass is 31.2. The zero-order chi connectivity index (χ0) is 41.4. The Hall–Kier alpha value is -1.25. The van der Waals surface area contributed by atoms with E-state index in [1.54, 1.807) is 0 Å². The van der Waals surface area contributed by atoms with Gasteiger partial charge in [0.2, 0.25) is 0 Å². The second kappa shape index (κ2) is 39.2. The number of ether oxygens (including phenoxy) is 2. The number of quaternary nitrogens is 1. The summed E-state index contributed by atoms with van der Waals surface area (Å²) < 4.78 is 33.9. The van der Waals surface area contributed by atoms with Crippen LogP contribution >= 0.6 is 7.82 Å². The zero-order valence-corrected chi connectivity index (χ0v) is 38.2. The molecule has 0 aromatic heterocycles. The molecule has 0 saturated carbocycles. The molecule has 0 radical (unpaired) electrons. The first kappa shape index (κ1) is 54.8. The van der Waals surface area contributed by atoms with E-state index in [1.807, 2.05) is 21.1 Å². The van der Waals surface area contributed by atoms with E-state index >= 15 is 0 Å². The molecule has 0 saturated heterocycles. The summed E-state index contributed by atoms with van der Waals surface area (Å²) in [6.45, 7) is 4.23. The summed E-state index contributed by atoms with van der Waals surface area (Å²) in [5.41, 5.74) is 0. The normalized spacial score (nSPS) is 13.6. The largest absolute Gasteiger partial charge is 0.756 e. The standard InChI is InChI=1S/C46H90NO8P/c1-6-8-10-12-14-16-18-20-21-22-23-24-25-27-29-31-33-35-37-39-46(49)55-44(43-54-56(50,51)53-41-40-47(3,4)5)42-52-45(48)38-36-34-32-30-28-26-19-17-15-13-11-9-7-2/h17,19,44H,6-16,18,20-43H2,1-5H3/b19-17-/t44-/m1/s1. The molecule has 56 heavy (non-hydrogen) atoms. The Labute approximate surface area is 346 Å². The summed E-state index contributed by atoms with van der Waals surface area (Å²) >= 11 is 0. The van der Waals surface area contributed by atoms with Crippen molar-refractivity contribution >= 4 is 19.8 Å². The second-order valence-electron chi connectivity index (χ2n) is 17.1. The molecule has 332 valence electrons. The molecule has 0 amide bonds. The number of likely N-dealkylation sites (N-methyl/N-ethyl adjacent to an activating group) is 1. The van der Waals surface area contributed by atoms with E-state index in [0.29, 0.717) is 17.4 Å². The van der Waals surface area contributed by atoms with Crippen LogP contribution in [-0.2, 0) is 32.7 Å². The highest BCUT2D eigenvalue weighted by molar-refractivity contribution is 7.45. The van der Waals surface area contributed by atoms with Crippen molar-refractivity contribution in [3.05, 3.63) is 12.2 Å². The fourth-order valence-electron chi connectivity index (χ4n) is 6.59. The van der Waals surface area contributed by atoms with Crippen LogP contribution < -0.4 is 4.89 Å². The quantitative estimate of drug-likeness (QED) is 0.0197. The van der Waals surface area contributed by atoms with Crippen molar-refractivity contribution in [2.75, 3.05) is 47.5 Å². The van der Waals surface area contributed by atoms with Crippen LogP contribution in [0.2, 0.25) is 0 Å². The van der Waals surface area contributed by atoms with Crippen molar-refractivity contribution in [2.24, 2.45) is 0 Å². The molecule has 10 heteroatoms. The first-order chi connectivity index (χ1) is 27.0. The molecular weight excluding hydrogens is 725 g/mol. The lowest BCUT2D eigenvalue weighted by atomic mass is 10.0. The third-order valence-corrected chi connectivity index (χ3v) is 11.2. The van der Waals surface area contributed by atoms with Crippen molar-refractivity contribution in [2.45, 2.75) is 225 Å². The molecular formula is C46H90NO8P. The molecule has 0 heterocycles. The van der Waals surface area contributed by atoms with Gasteiger partial charge in [0.25, 0.3) is 7.82 Å². The number of nitrogens with zero attached hydrogens (tertiary/aromatic N) is 1. The minimum Gasteiger partial charge on any atom is -0.756 e. The maximum absolute atomic E-state index is 12.7. The van der Waals surface area contributed by atoms with E-state index in [1.165, 1.54) is 135 Å². The van der Waals surface area contributed by atoms with Crippen molar-refractivity contribution in [3.8, 4) is 0 Å². The van der Waals surface area contributed by atoms with Gasteiger partial charge in [0.1, 0.15) is 19.8 Å². The van der Waals surface area contributed by atoms with E-state index < -0.39 is 26.5 Å². The Morgan fingerprint density at radius 2 is 0.911 bits per heavy atom. The lowest BCUT2D eigenvalue weighted by Gasteiger charge is -2.28. The SMILES string of the molecule is CCCCCC/C=C\CCCCCCCC(=O)OC[C@H](COP(=O)([O-])OCC[N+](C)(C)C)OC(=O)CCCCCCCCCCCCCCCCCCCCC. The first-order valence-corrected chi connectivity index (χ1v) is 24.9. The van der Waals surface area contributed by atoms with Crippen LogP contribution in [0.3, 0.4) is 0 Å². The molecule has 0 aliphatic heterocycles. The number of rotatable bonds is 43. The smallest absolute Gasteiger partial charge is 0.306 e. The van der Waals surface area contributed by atoms with Crippen LogP contribution in [0.15, 0.2) is 12.2 Å². The molecule has 0 aromatic carbocycles. The summed E-state index contributed by atoms with van der Waals surface area (Å²) in [5, 5.41) is 0. The molecule has 2 atom stereocenters. The summed E-state index contributed by atoms with van der Waals surface area (Å²) in [4.78, 5) is 37.5. The molecule has 0 rings (SSSR count). The van der Waals surface area contributed by atoms with Crippen molar-refractivity contribution in [3.63, 3.8) is 0 Å². The van der Waals surface area contributed by atoms with Gasteiger partial charge in [-0.2, -0.15) is 0 Å². The molecule has 0 N–H and O–H groups in total. The van der Waals surface area contributed by atoms with E-state index in [0.717, 1.165) is 51.4 Å². The number of unbranched alkanes of at least 4 members (excludes halogenated alkanes) is 27. The molecule has 0 spiro atoms. The predicted molar refractivity (Wildman–Crippen MR) is 231 cm³/mol. The summed E-state index contributed by atoms with van der Waals surface area (Å²) in [5.74, 6) is -0.833. The van der Waals surface area contributed by atoms with Gasteiger partial charge < -0.3 is 27.9 Å². The Kier molecular flexibility index (Phi) is 38.3. The van der Waals surface area contributed by atoms with Crippen LogP contribution in [0.5, 0.6) is 0 Å². The van der Waals surface area contributed by atoms with Gasteiger partial charge in [0.15, 0.2) is 6.10 Å². The minimum absolute atomic E-state index is 0.0288. The van der Waals surface area contributed by atoms with Gasteiger partial charge in [-0.15, -0.1) is 0 Å². The monoisotopic (exact) mass is 816 g/mol. The lowest BCUT2D eigenvalue weighted by molar-refractivity contribution is -0.870. The Morgan fingerprint density at radius 1 is 0.536 bits per heavy atom. The van der Waals surface area contributed by atoms with Gasteiger partial charge in [-0.3, -0.25) is 14.2 Å². The Bertz CT molecular complexity index is 969. The highest BCUT2D eigenvalue weighted by Crippen LogP contribution is 2.38. The molecule has 9 nitrogen and oxygen atoms in total. The van der Waals surface area contributed by atoms with Crippen LogP contribution in [0.1, 0.15) is 219 Å². The van der Waals surface area contributed by atoms with Gasteiger partial charge >= 0.3 is 11.9 Å². The lowest BCUT2D eigenvalue weighted by Crippen LogP contribution is -2.37. The summed E-state index contributed by atoms with van der Waals surface area (Å²) in [6.07, 6.45) is 40.9. The molecule has 0 bridgehead atoms. The molecule has 0 aliphatic rings. The van der Waals surface area contributed by atoms with Gasteiger partial charge in [-0.1, -0.05) is 180 Å². The number of phosphoric acid groups is 1. The topological polar surface area (TPSA) is 111 Å². The number of hydrogen-bond acceptors (Lipinski definition) is 8. The number of phosphoric ester groups is 1. The van der Waals surface area contributed by atoms with Crippen LogP contribution in [0.4, 0.5) is 0 Å². The fourth-order valence-corrected chi connectivity index (χ4v) is 7.32. The van der Waals surface area contributed by atoms with Crippen LogP contribution in [0, 0.1) is 0 Å². The summed E-state index contributed by atoms with van der Waals surface area (Å²) in [6, 6.07) is 0. The predicted octanol–water partition coefficient (Wildman–Crippen LogP) is 12.7. The number of allylic oxidation sites excluding steroid dienone is 2. The maximum Gasteiger partial charge on any atom is 0.306 e. The minimum atomic E-state index is -4.62. The van der Waals surface area contributed by atoms with Gasteiger partial charge in [-0.25, -0.2) is 0 Å². The van der Waals surface area contributed by atoms with Gasteiger partial charge in [-0.05, 0) is 38.5 Å². The molecule has 0 fully saturated rings. The van der Waals surface area contributed by atoms with Gasteiger partial charge in [0.05, 0.1) is 27.7 Å². The Morgan fingerprint density at radius 3 is 1.34 bits per heavy atom. The number of esters is 2. The molecule has 0 aliphatic carbocycles. The third-order valence-electron chi connectivity index (χ3n) is 10.3. The van der Waals surface area contributed by atoms with E-state index in [-0.39, 0.29) is 32.0 Å². The van der Waals surface area contributed by atoms with Crippen LogP contribution in [0.25, 0.3) is 0 Å². The van der Waals surface area contributed by atoms with E-state index in [9.17, 15) is 19.0 Å². The van der Waals surface area contributed by atoms with Crippen molar-refractivity contribution < 1.29 is 42.1 Å². The van der Waals surface area contributed by atoms with Gasteiger partial charge in [0, 0.05) is 12.8 Å². The van der Waals surface area contributed by atoms with E-state index in [4.69, 9.17) is 18.5 Å². The Balaban J connectivity index is 4.27. The average Bonchev–Trinajstić information content (AvgIpc) is 3.15. The molecule has 0 aromatic rings. The maximum atomic E-state index is 12.7. The fraction of sp³-hybridized carbons (Fsp3) is 0.913. The first-order valence-electron chi connectivity index (χ1n) is 23.4. The number of carbonyl (C=O) groups excluding carboxylic acids is 2. The average molecular weight is 816 g/mol. The summed E-state index contributed by atoms with van der Waals surface area (Å²) in [7, 11) is 1.17. The number of hydrogen-bond donors (Lipinski definition) is 0. The van der Waals surface area contributed by atoms with E-state index in [2.05, 4.69) is 26.0 Å². The highest BCUT2D eigenvalue weighted by Gasteiger charge is 2.21. The molecule has 1 unspecified atom stereocenters.